The van der Waals surface area contributed by atoms with Crippen molar-refractivity contribution in [1.82, 2.24) is 5.32 Å². The molecule has 0 aliphatic rings. The van der Waals surface area contributed by atoms with Gasteiger partial charge in [-0.25, -0.2) is 4.79 Å². The molecule has 1 rings (SSSR count). The molecule has 0 bridgehead atoms. The van der Waals surface area contributed by atoms with Crippen molar-refractivity contribution in [3.05, 3.63) is 33.9 Å². The number of carboxylic acid groups (broad SMARTS) is 1. The van der Waals surface area contributed by atoms with Crippen molar-refractivity contribution < 1.29 is 19.6 Å². The highest BCUT2D eigenvalue weighted by molar-refractivity contribution is 7.98. The number of nitro benzene ring substituents is 1. The van der Waals surface area contributed by atoms with Crippen LogP contribution in [0.15, 0.2) is 23.1 Å². The van der Waals surface area contributed by atoms with E-state index in [-0.39, 0.29) is 17.7 Å². The highest BCUT2D eigenvalue weighted by atomic mass is 32.2. The third-order valence-corrected chi connectivity index (χ3v) is 3.55. The Morgan fingerprint density at radius 2 is 2.14 bits per heavy atom. The molecule has 0 aliphatic carbocycles. The average Bonchev–Trinajstić information content (AvgIpc) is 2.45. The van der Waals surface area contributed by atoms with Gasteiger partial charge in [-0.2, -0.15) is 0 Å². The lowest BCUT2D eigenvalue weighted by atomic mass is 10.1. The van der Waals surface area contributed by atoms with Crippen LogP contribution in [0, 0.1) is 10.1 Å². The van der Waals surface area contributed by atoms with E-state index >= 15 is 0 Å². The van der Waals surface area contributed by atoms with Crippen LogP contribution in [0.1, 0.15) is 30.1 Å². The number of hydrogen-bond acceptors (Lipinski definition) is 5. The molecule has 1 aromatic rings. The number of carbonyl (C=O) groups excluding carboxylic acids is 1. The molecule has 1 aromatic carbocycles. The van der Waals surface area contributed by atoms with Crippen molar-refractivity contribution in [3.63, 3.8) is 0 Å². The second kappa shape index (κ2) is 7.63. The predicted molar refractivity (Wildman–Crippen MR) is 78.7 cm³/mol. The molecule has 0 aliphatic heterocycles. The van der Waals surface area contributed by atoms with Gasteiger partial charge in [0, 0.05) is 11.0 Å². The van der Waals surface area contributed by atoms with Crippen molar-refractivity contribution in [2.45, 2.75) is 30.7 Å². The molecule has 7 nitrogen and oxygen atoms in total. The molecule has 0 saturated carbocycles. The number of aliphatic carboxylic acids is 1. The minimum atomic E-state index is -1.16. The fourth-order valence-corrected chi connectivity index (χ4v) is 2.21. The number of benzene rings is 1. The molecule has 0 heterocycles. The Morgan fingerprint density at radius 1 is 1.48 bits per heavy atom. The van der Waals surface area contributed by atoms with Crippen molar-refractivity contribution in [2.24, 2.45) is 0 Å². The molecule has 0 unspecified atom stereocenters. The van der Waals surface area contributed by atoms with Crippen LogP contribution in [0.2, 0.25) is 0 Å². The summed E-state index contributed by atoms with van der Waals surface area (Å²) in [5.41, 5.74) is -0.472. The zero-order chi connectivity index (χ0) is 16.0. The number of hydrogen-bond donors (Lipinski definition) is 2. The normalized spacial score (nSPS) is 11.7. The summed E-state index contributed by atoms with van der Waals surface area (Å²) in [4.78, 5) is 34.2. The Bertz CT molecular complexity index is 561. The number of nitrogens with zero attached hydrogens (tertiary/aromatic N) is 1. The second-order valence-electron chi connectivity index (χ2n) is 4.29. The minimum Gasteiger partial charge on any atom is -0.480 e. The fraction of sp³-hybridized carbons (Fsp3) is 0.385. The van der Waals surface area contributed by atoms with Crippen LogP contribution in [0.3, 0.4) is 0 Å². The Labute approximate surface area is 125 Å². The summed E-state index contributed by atoms with van der Waals surface area (Å²) in [7, 11) is 0. The first-order chi connectivity index (χ1) is 9.90. The zero-order valence-corrected chi connectivity index (χ0v) is 12.5. The molecule has 1 amide bonds. The molecule has 0 aromatic heterocycles. The van der Waals surface area contributed by atoms with Crippen LogP contribution in [0.5, 0.6) is 0 Å². The number of nitrogens with one attached hydrogen (secondary N) is 1. The number of carbonyl (C=O) groups is 2. The van der Waals surface area contributed by atoms with E-state index in [1.165, 1.54) is 23.9 Å². The van der Waals surface area contributed by atoms with E-state index in [2.05, 4.69) is 5.32 Å². The molecule has 1 atom stereocenters. The van der Waals surface area contributed by atoms with E-state index in [1.807, 2.05) is 0 Å². The molecule has 21 heavy (non-hydrogen) atoms. The van der Waals surface area contributed by atoms with E-state index in [4.69, 9.17) is 5.11 Å². The van der Waals surface area contributed by atoms with Gasteiger partial charge in [0.25, 0.3) is 11.6 Å². The molecular formula is C13H16N2O5S. The van der Waals surface area contributed by atoms with Gasteiger partial charge in [-0.15, -0.1) is 11.8 Å². The van der Waals surface area contributed by atoms with Crippen molar-refractivity contribution in [1.29, 1.82) is 0 Å². The lowest BCUT2D eigenvalue weighted by molar-refractivity contribution is -0.385. The maximum absolute atomic E-state index is 12.1. The van der Waals surface area contributed by atoms with E-state index in [1.54, 1.807) is 19.2 Å². The second-order valence-corrected chi connectivity index (χ2v) is 5.17. The number of nitro groups is 1. The first-order valence-corrected chi connectivity index (χ1v) is 7.49. The fourth-order valence-electron chi connectivity index (χ4n) is 1.77. The molecule has 2 N–H and O–H groups in total. The third kappa shape index (κ3) is 4.45. The van der Waals surface area contributed by atoms with E-state index in [0.29, 0.717) is 11.3 Å². The van der Waals surface area contributed by atoms with Gasteiger partial charge in [0.1, 0.15) is 11.6 Å². The van der Waals surface area contributed by atoms with Crippen LogP contribution in [-0.4, -0.2) is 34.2 Å². The molecule has 0 saturated heterocycles. The Morgan fingerprint density at radius 3 is 2.62 bits per heavy atom. The summed E-state index contributed by atoms with van der Waals surface area (Å²) >= 11 is 1.34. The molecule has 114 valence electrons. The average molecular weight is 312 g/mol. The molecule has 0 radical (unpaired) electrons. The van der Waals surface area contributed by atoms with Crippen LogP contribution < -0.4 is 5.32 Å². The van der Waals surface area contributed by atoms with E-state index in [9.17, 15) is 19.7 Å². The van der Waals surface area contributed by atoms with E-state index in [0.717, 1.165) is 0 Å². The first-order valence-electron chi connectivity index (χ1n) is 6.26. The van der Waals surface area contributed by atoms with E-state index < -0.39 is 22.8 Å². The summed E-state index contributed by atoms with van der Waals surface area (Å²) in [6, 6.07) is 3.12. The third-order valence-electron chi connectivity index (χ3n) is 2.83. The predicted octanol–water partition coefficient (Wildman–Crippen LogP) is 2.30. The Hall–Kier alpha value is -2.09. The SMILES string of the molecule is CCC[C@H](NC(=O)c1cc(SC)ccc1[N+](=O)[O-])C(=O)O. The van der Waals surface area contributed by atoms with Crippen LogP contribution in [0.25, 0.3) is 0 Å². The number of carboxylic acids is 1. The molecule has 0 spiro atoms. The summed E-state index contributed by atoms with van der Waals surface area (Å²) < 4.78 is 0. The lowest BCUT2D eigenvalue weighted by Crippen LogP contribution is -2.40. The van der Waals surface area contributed by atoms with Crippen LogP contribution in [0.4, 0.5) is 5.69 Å². The molecule has 0 fully saturated rings. The highest BCUT2D eigenvalue weighted by Gasteiger charge is 2.25. The van der Waals surface area contributed by atoms with Gasteiger partial charge in [-0.1, -0.05) is 13.3 Å². The Balaban J connectivity index is 3.09. The Kier molecular flexibility index (Phi) is 6.16. The van der Waals surface area contributed by atoms with Crippen LogP contribution >= 0.6 is 11.8 Å². The van der Waals surface area contributed by atoms with Gasteiger partial charge in [0.05, 0.1) is 4.92 Å². The van der Waals surface area contributed by atoms with Gasteiger partial charge in [-0.05, 0) is 24.8 Å². The molecule has 8 heteroatoms. The summed E-state index contributed by atoms with van der Waals surface area (Å²) in [5.74, 6) is -1.91. The monoisotopic (exact) mass is 312 g/mol. The topological polar surface area (TPSA) is 110 Å². The summed E-state index contributed by atoms with van der Waals surface area (Å²) in [5, 5.41) is 22.3. The van der Waals surface area contributed by atoms with Gasteiger partial charge >= 0.3 is 5.97 Å². The van der Waals surface area contributed by atoms with Crippen LogP contribution in [-0.2, 0) is 4.79 Å². The largest absolute Gasteiger partial charge is 0.480 e. The van der Waals surface area contributed by atoms with Crippen molar-refractivity contribution in [3.8, 4) is 0 Å². The number of rotatable bonds is 7. The van der Waals surface area contributed by atoms with Gasteiger partial charge in [-0.3, -0.25) is 14.9 Å². The number of amides is 1. The summed E-state index contributed by atoms with van der Waals surface area (Å²) in [6.45, 7) is 1.79. The lowest BCUT2D eigenvalue weighted by Gasteiger charge is -2.13. The maximum atomic E-state index is 12.1. The first kappa shape index (κ1) is 17.0. The van der Waals surface area contributed by atoms with Gasteiger partial charge in [0.2, 0.25) is 0 Å². The highest BCUT2D eigenvalue weighted by Crippen LogP contribution is 2.24. The van der Waals surface area contributed by atoms with Crippen molar-refractivity contribution >= 4 is 29.3 Å². The maximum Gasteiger partial charge on any atom is 0.326 e. The number of thioether (sulfide) groups is 1. The van der Waals surface area contributed by atoms with Crippen molar-refractivity contribution in [2.75, 3.05) is 6.26 Å². The molecular weight excluding hydrogens is 296 g/mol. The summed E-state index contributed by atoms with van der Waals surface area (Å²) in [6.07, 6.45) is 2.61. The quantitative estimate of drug-likeness (QED) is 0.454. The smallest absolute Gasteiger partial charge is 0.326 e. The van der Waals surface area contributed by atoms with Gasteiger partial charge < -0.3 is 10.4 Å². The zero-order valence-electron chi connectivity index (χ0n) is 11.7. The minimum absolute atomic E-state index is 0.130. The standard InChI is InChI=1S/C13H16N2O5S/c1-3-4-10(13(17)18)14-12(16)9-7-8(21-2)5-6-11(9)15(19)20/h5-7,10H,3-4H2,1-2H3,(H,14,16)(H,17,18)/t10-/m0/s1. The van der Waals surface area contributed by atoms with Gasteiger partial charge in [0.15, 0.2) is 0 Å².